The third kappa shape index (κ3) is 3.99. The second-order valence-corrected chi connectivity index (χ2v) is 10.2. The minimum atomic E-state index is -0.0558. The molecule has 0 saturated carbocycles. The van der Waals surface area contributed by atoms with Crippen molar-refractivity contribution in [1.82, 2.24) is 29.6 Å². The summed E-state index contributed by atoms with van der Waals surface area (Å²) in [5.41, 5.74) is 5.38. The van der Waals surface area contributed by atoms with Crippen molar-refractivity contribution < 1.29 is 4.79 Å². The van der Waals surface area contributed by atoms with E-state index < -0.39 is 0 Å². The average molecular weight is 456 g/mol. The number of thioether (sulfide) groups is 1. The Morgan fingerprint density at radius 2 is 2.03 bits per heavy atom. The molecule has 0 bridgehead atoms. The van der Waals surface area contributed by atoms with E-state index in [2.05, 4.69) is 31.9 Å². The molecule has 1 fully saturated rings. The fraction of sp³-hybridized carbons (Fsp3) is 0.476. The summed E-state index contributed by atoms with van der Waals surface area (Å²) in [6.45, 7) is 4.10. The standard InChI is InChI=1S/C21H25N7OS2/c1-3-30-21(29)25-20-24-16-5-4-15-17(13-10-22-12-23-11-13)26-28(18(15)19(16)31-20)14-6-8-27(2)9-7-14/h10-12,14H,3-9H2,1-2H3,(H,24,25,29). The number of piperidine rings is 1. The van der Waals surface area contributed by atoms with Crippen molar-refractivity contribution in [2.24, 2.45) is 0 Å². The fourth-order valence-electron chi connectivity index (χ4n) is 4.36. The highest BCUT2D eigenvalue weighted by Crippen LogP contribution is 2.45. The van der Waals surface area contributed by atoms with Crippen LogP contribution in [0.2, 0.25) is 0 Å². The van der Waals surface area contributed by atoms with Gasteiger partial charge in [-0.1, -0.05) is 30.0 Å². The quantitative estimate of drug-likeness (QED) is 0.633. The first kappa shape index (κ1) is 20.6. The lowest BCUT2D eigenvalue weighted by Crippen LogP contribution is -2.32. The number of amides is 1. The van der Waals surface area contributed by atoms with Crippen LogP contribution in [0, 0.1) is 0 Å². The molecule has 0 radical (unpaired) electrons. The van der Waals surface area contributed by atoms with Crippen LogP contribution in [0.1, 0.15) is 37.1 Å². The van der Waals surface area contributed by atoms with Gasteiger partial charge in [0.15, 0.2) is 5.13 Å². The van der Waals surface area contributed by atoms with Gasteiger partial charge >= 0.3 is 0 Å². The second kappa shape index (κ2) is 8.68. The molecule has 0 atom stereocenters. The first-order valence-electron chi connectivity index (χ1n) is 10.6. The van der Waals surface area contributed by atoms with Gasteiger partial charge in [-0.3, -0.25) is 14.8 Å². The first-order chi connectivity index (χ1) is 15.1. The zero-order valence-corrected chi connectivity index (χ0v) is 19.3. The molecule has 8 nitrogen and oxygen atoms in total. The Bertz CT molecular complexity index is 1090. The predicted octanol–water partition coefficient (Wildman–Crippen LogP) is 4.11. The number of thiazole rings is 1. The Hall–Kier alpha value is -2.30. The molecule has 1 saturated heterocycles. The molecule has 1 aliphatic heterocycles. The maximum absolute atomic E-state index is 12.1. The lowest BCUT2D eigenvalue weighted by molar-refractivity contribution is 0.213. The number of anilines is 1. The molecule has 0 unspecified atom stereocenters. The Labute approximate surface area is 189 Å². The summed E-state index contributed by atoms with van der Waals surface area (Å²) in [5, 5.41) is 8.68. The molecule has 2 aliphatic rings. The van der Waals surface area contributed by atoms with E-state index in [1.165, 1.54) is 17.3 Å². The Balaban J connectivity index is 1.59. The van der Waals surface area contributed by atoms with Crippen LogP contribution in [0.5, 0.6) is 0 Å². The fourth-order valence-corrected chi connectivity index (χ4v) is 5.93. The molecule has 3 aromatic heterocycles. The van der Waals surface area contributed by atoms with Crippen LogP contribution in [0.15, 0.2) is 18.7 Å². The summed E-state index contributed by atoms with van der Waals surface area (Å²) in [5.74, 6) is 0.743. The van der Waals surface area contributed by atoms with Gasteiger partial charge in [-0.05, 0) is 51.6 Å². The monoisotopic (exact) mass is 455 g/mol. The molecule has 5 rings (SSSR count). The molecule has 3 aromatic rings. The van der Waals surface area contributed by atoms with Gasteiger partial charge in [0.05, 0.1) is 28.0 Å². The number of hydrogen-bond donors (Lipinski definition) is 1. The largest absolute Gasteiger partial charge is 0.306 e. The number of aryl methyl sites for hydroxylation is 1. The first-order valence-corrected chi connectivity index (χ1v) is 12.4. The number of nitrogens with one attached hydrogen (secondary N) is 1. The normalized spacial score (nSPS) is 16.7. The molecule has 31 heavy (non-hydrogen) atoms. The summed E-state index contributed by atoms with van der Waals surface area (Å²) in [6, 6.07) is 0.352. The van der Waals surface area contributed by atoms with Gasteiger partial charge in [-0.2, -0.15) is 5.10 Å². The number of fused-ring (bicyclic) bond motifs is 3. The highest BCUT2D eigenvalue weighted by molar-refractivity contribution is 8.13. The smallest absolute Gasteiger partial charge is 0.285 e. The Morgan fingerprint density at radius 3 is 2.77 bits per heavy atom. The van der Waals surface area contributed by atoms with Gasteiger partial charge in [0.25, 0.3) is 5.24 Å². The van der Waals surface area contributed by atoms with Crippen molar-refractivity contribution in [2.45, 2.75) is 38.6 Å². The summed E-state index contributed by atoms with van der Waals surface area (Å²) >= 11 is 2.83. The van der Waals surface area contributed by atoms with E-state index in [0.717, 1.165) is 72.0 Å². The molecule has 1 aliphatic carbocycles. The van der Waals surface area contributed by atoms with Crippen molar-refractivity contribution in [3.8, 4) is 21.8 Å². The minimum absolute atomic E-state index is 0.0558. The van der Waals surface area contributed by atoms with Crippen LogP contribution in [0.3, 0.4) is 0 Å². The SMILES string of the molecule is CCSC(=O)Nc1nc2c(s1)-c1c(c(-c3cncnc3)nn1C1CCN(C)CC1)CC2. The van der Waals surface area contributed by atoms with Crippen molar-refractivity contribution in [2.75, 3.05) is 31.2 Å². The Morgan fingerprint density at radius 1 is 1.26 bits per heavy atom. The molecule has 162 valence electrons. The van der Waals surface area contributed by atoms with E-state index in [-0.39, 0.29) is 5.24 Å². The topological polar surface area (TPSA) is 88.8 Å². The zero-order valence-electron chi connectivity index (χ0n) is 17.7. The van der Waals surface area contributed by atoms with E-state index in [0.29, 0.717) is 11.2 Å². The van der Waals surface area contributed by atoms with Gasteiger partial charge < -0.3 is 4.90 Å². The highest BCUT2D eigenvalue weighted by atomic mass is 32.2. The number of aromatic nitrogens is 5. The van der Waals surface area contributed by atoms with Crippen molar-refractivity contribution >= 4 is 33.5 Å². The van der Waals surface area contributed by atoms with Crippen LogP contribution in [-0.2, 0) is 12.8 Å². The summed E-state index contributed by atoms with van der Waals surface area (Å²) < 4.78 is 2.23. The van der Waals surface area contributed by atoms with Crippen LogP contribution < -0.4 is 5.32 Å². The predicted molar refractivity (Wildman–Crippen MR) is 125 cm³/mol. The Kier molecular flexibility index (Phi) is 5.77. The number of carbonyl (C=O) groups is 1. The molecular formula is C21H25N7OS2. The van der Waals surface area contributed by atoms with E-state index in [1.54, 1.807) is 17.7 Å². The van der Waals surface area contributed by atoms with E-state index >= 15 is 0 Å². The second-order valence-electron chi connectivity index (χ2n) is 7.92. The van der Waals surface area contributed by atoms with Gasteiger partial charge in [0.2, 0.25) is 0 Å². The molecule has 10 heteroatoms. The van der Waals surface area contributed by atoms with Crippen LogP contribution in [0.4, 0.5) is 9.93 Å². The van der Waals surface area contributed by atoms with Gasteiger partial charge in [-0.15, -0.1) is 0 Å². The molecular weight excluding hydrogens is 430 g/mol. The third-order valence-electron chi connectivity index (χ3n) is 5.89. The number of likely N-dealkylation sites (tertiary alicyclic amines) is 1. The van der Waals surface area contributed by atoms with Gasteiger partial charge in [0, 0.05) is 23.5 Å². The lowest BCUT2D eigenvalue weighted by Gasteiger charge is -2.30. The molecule has 1 amide bonds. The lowest BCUT2D eigenvalue weighted by atomic mass is 9.95. The van der Waals surface area contributed by atoms with Gasteiger partial charge in [-0.25, -0.2) is 15.0 Å². The summed E-state index contributed by atoms with van der Waals surface area (Å²) in [7, 11) is 2.17. The number of hydrogen-bond acceptors (Lipinski definition) is 8. The summed E-state index contributed by atoms with van der Waals surface area (Å²) in [6.07, 6.45) is 9.08. The van der Waals surface area contributed by atoms with E-state index in [1.807, 2.05) is 19.3 Å². The van der Waals surface area contributed by atoms with Crippen molar-refractivity contribution in [1.29, 1.82) is 0 Å². The van der Waals surface area contributed by atoms with E-state index in [9.17, 15) is 4.79 Å². The molecule has 4 heterocycles. The number of nitrogens with zero attached hydrogens (tertiary/aromatic N) is 6. The van der Waals surface area contributed by atoms with Gasteiger partial charge in [0.1, 0.15) is 6.33 Å². The molecule has 0 aromatic carbocycles. The maximum atomic E-state index is 12.1. The summed E-state index contributed by atoms with van der Waals surface area (Å²) in [4.78, 5) is 28.8. The zero-order chi connectivity index (χ0) is 21.4. The van der Waals surface area contributed by atoms with Crippen LogP contribution in [-0.4, -0.2) is 60.8 Å². The molecule has 1 N–H and O–H groups in total. The number of carbonyl (C=O) groups excluding carboxylic acids is 1. The van der Waals surface area contributed by atoms with Crippen LogP contribution in [0.25, 0.3) is 21.8 Å². The van der Waals surface area contributed by atoms with Crippen molar-refractivity contribution in [3.05, 3.63) is 30.0 Å². The maximum Gasteiger partial charge on any atom is 0.285 e. The number of rotatable bonds is 4. The minimum Gasteiger partial charge on any atom is -0.306 e. The molecule has 0 spiro atoms. The highest BCUT2D eigenvalue weighted by Gasteiger charge is 2.32. The van der Waals surface area contributed by atoms with E-state index in [4.69, 9.17) is 10.1 Å². The van der Waals surface area contributed by atoms with Crippen LogP contribution >= 0.6 is 23.1 Å². The third-order valence-corrected chi connectivity index (χ3v) is 7.56. The average Bonchev–Trinajstić information content (AvgIpc) is 3.36. The van der Waals surface area contributed by atoms with Crippen molar-refractivity contribution in [3.63, 3.8) is 0 Å².